The molecule has 1 fully saturated rings. The molecule has 1 N–H and O–H groups in total. The number of rotatable bonds is 3. The summed E-state index contributed by atoms with van der Waals surface area (Å²) in [6.45, 7) is 0. The van der Waals surface area contributed by atoms with Crippen molar-refractivity contribution in [2.24, 2.45) is 4.99 Å². The molecule has 0 aromatic heterocycles. The van der Waals surface area contributed by atoms with Crippen LogP contribution in [0, 0.1) is 5.82 Å². The van der Waals surface area contributed by atoms with Crippen LogP contribution in [0.4, 0.5) is 4.39 Å². The highest BCUT2D eigenvalue weighted by molar-refractivity contribution is 5.47. The summed E-state index contributed by atoms with van der Waals surface area (Å²) >= 11 is 0. The number of ether oxygens (including phenoxy) is 1. The van der Waals surface area contributed by atoms with Crippen molar-refractivity contribution in [1.82, 2.24) is 0 Å². The molecule has 0 bridgehead atoms. The molecule has 0 unspecified atom stereocenters. The Morgan fingerprint density at radius 3 is 2.67 bits per heavy atom. The molecule has 0 heterocycles. The van der Waals surface area contributed by atoms with E-state index in [0.717, 1.165) is 12.8 Å². The summed E-state index contributed by atoms with van der Waals surface area (Å²) in [5.74, 6) is -1.24. The maximum absolute atomic E-state index is 14.1. The zero-order valence-corrected chi connectivity index (χ0v) is 10.1. The SMILES string of the molecule is COc1ccc(C2(N=C=O)CCCC2)c(F)c1O. The third kappa shape index (κ3) is 1.87. The first-order valence-corrected chi connectivity index (χ1v) is 5.79. The van der Waals surface area contributed by atoms with Crippen molar-refractivity contribution in [2.75, 3.05) is 7.11 Å². The normalized spacial score (nSPS) is 17.2. The lowest BCUT2D eigenvalue weighted by molar-refractivity contribution is 0.346. The summed E-state index contributed by atoms with van der Waals surface area (Å²) in [6, 6.07) is 2.99. The van der Waals surface area contributed by atoms with Gasteiger partial charge in [-0.05, 0) is 25.0 Å². The largest absolute Gasteiger partial charge is 0.502 e. The molecular weight excluding hydrogens is 237 g/mol. The van der Waals surface area contributed by atoms with E-state index in [1.807, 2.05) is 0 Å². The Bertz CT molecular complexity index is 503. The van der Waals surface area contributed by atoms with Crippen molar-refractivity contribution in [3.63, 3.8) is 0 Å². The summed E-state index contributed by atoms with van der Waals surface area (Å²) in [6.07, 6.45) is 4.44. The molecule has 0 aliphatic heterocycles. The molecule has 1 aromatic carbocycles. The van der Waals surface area contributed by atoms with Gasteiger partial charge in [0.25, 0.3) is 0 Å². The van der Waals surface area contributed by atoms with E-state index in [1.165, 1.54) is 25.3 Å². The van der Waals surface area contributed by atoms with E-state index in [1.54, 1.807) is 0 Å². The van der Waals surface area contributed by atoms with Crippen LogP contribution in [0.15, 0.2) is 17.1 Å². The maximum Gasteiger partial charge on any atom is 0.235 e. The molecule has 4 nitrogen and oxygen atoms in total. The molecule has 18 heavy (non-hydrogen) atoms. The third-order valence-electron chi connectivity index (χ3n) is 3.49. The standard InChI is InChI=1S/C13H14FNO3/c1-18-10-5-4-9(11(14)12(10)17)13(15-8-16)6-2-3-7-13/h4-5,17H,2-3,6-7H2,1H3. The Balaban J connectivity index is 2.56. The molecule has 1 aliphatic rings. The number of phenols is 1. The molecule has 0 atom stereocenters. The molecule has 0 spiro atoms. The van der Waals surface area contributed by atoms with Gasteiger partial charge < -0.3 is 9.84 Å². The van der Waals surface area contributed by atoms with Crippen LogP contribution >= 0.6 is 0 Å². The van der Waals surface area contributed by atoms with E-state index in [4.69, 9.17) is 4.74 Å². The fourth-order valence-electron chi connectivity index (χ4n) is 2.56. The van der Waals surface area contributed by atoms with Gasteiger partial charge in [0.2, 0.25) is 6.08 Å². The predicted octanol–water partition coefficient (Wildman–Crippen LogP) is 2.65. The topological polar surface area (TPSA) is 58.9 Å². The van der Waals surface area contributed by atoms with Gasteiger partial charge in [0.05, 0.1) is 7.11 Å². The average molecular weight is 251 g/mol. The summed E-state index contributed by atoms with van der Waals surface area (Å²) in [7, 11) is 1.35. The van der Waals surface area contributed by atoms with Gasteiger partial charge in [-0.15, -0.1) is 0 Å². The van der Waals surface area contributed by atoms with Crippen molar-refractivity contribution in [2.45, 2.75) is 31.2 Å². The zero-order chi connectivity index (χ0) is 13.2. The van der Waals surface area contributed by atoms with Crippen molar-refractivity contribution < 1.29 is 19.0 Å². The molecule has 1 aromatic rings. The van der Waals surface area contributed by atoms with Crippen molar-refractivity contribution >= 4 is 6.08 Å². The lowest BCUT2D eigenvalue weighted by Crippen LogP contribution is -2.20. The van der Waals surface area contributed by atoms with Crippen LogP contribution < -0.4 is 4.74 Å². The van der Waals surface area contributed by atoms with Gasteiger partial charge in [0, 0.05) is 5.56 Å². The summed E-state index contributed by atoms with van der Waals surface area (Å²) < 4.78 is 19.0. The fraction of sp³-hybridized carbons (Fsp3) is 0.462. The monoisotopic (exact) mass is 251 g/mol. The summed E-state index contributed by atoms with van der Waals surface area (Å²) in [4.78, 5) is 14.3. The van der Waals surface area contributed by atoms with E-state index in [-0.39, 0.29) is 11.3 Å². The summed E-state index contributed by atoms with van der Waals surface area (Å²) in [5, 5.41) is 9.68. The molecule has 0 radical (unpaired) electrons. The smallest absolute Gasteiger partial charge is 0.235 e. The number of nitrogens with zero attached hydrogens (tertiary/aromatic N) is 1. The Labute approximate surface area is 104 Å². The number of aromatic hydroxyl groups is 1. The fourth-order valence-corrected chi connectivity index (χ4v) is 2.56. The van der Waals surface area contributed by atoms with Crippen LogP contribution in [-0.2, 0) is 10.3 Å². The first-order valence-electron chi connectivity index (χ1n) is 5.79. The highest BCUT2D eigenvalue weighted by Gasteiger charge is 2.39. The van der Waals surface area contributed by atoms with Crippen molar-refractivity contribution in [3.8, 4) is 11.5 Å². The molecule has 0 amide bonds. The van der Waals surface area contributed by atoms with Gasteiger partial charge in [-0.25, -0.2) is 9.18 Å². The second-order valence-corrected chi connectivity index (χ2v) is 4.42. The minimum absolute atomic E-state index is 0.0690. The number of carbonyl (C=O) groups excluding carboxylic acids is 1. The molecule has 2 rings (SSSR count). The lowest BCUT2D eigenvalue weighted by atomic mass is 9.88. The molecule has 5 heteroatoms. The second-order valence-electron chi connectivity index (χ2n) is 4.42. The van der Waals surface area contributed by atoms with Crippen LogP contribution in [0.5, 0.6) is 11.5 Å². The molecule has 1 saturated carbocycles. The van der Waals surface area contributed by atoms with E-state index < -0.39 is 17.1 Å². The van der Waals surface area contributed by atoms with Crippen LogP contribution in [0.2, 0.25) is 0 Å². The quantitative estimate of drug-likeness (QED) is 0.663. The maximum atomic E-state index is 14.1. The number of hydrogen-bond acceptors (Lipinski definition) is 4. The molecule has 96 valence electrons. The zero-order valence-electron chi connectivity index (χ0n) is 10.1. The average Bonchev–Trinajstić information content (AvgIpc) is 2.82. The van der Waals surface area contributed by atoms with Crippen LogP contribution in [0.25, 0.3) is 0 Å². The van der Waals surface area contributed by atoms with Crippen molar-refractivity contribution in [3.05, 3.63) is 23.5 Å². The highest BCUT2D eigenvalue weighted by atomic mass is 19.1. The van der Waals surface area contributed by atoms with Gasteiger partial charge in [-0.1, -0.05) is 12.8 Å². The number of hydrogen-bond donors (Lipinski definition) is 1. The Morgan fingerprint density at radius 2 is 2.11 bits per heavy atom. The molecule has 1 aliphatic carbocycles. The predicted molar refractivity (Wildman–Crippen MR) is 62.9 cm³/mol. The first kappa shape index (κ1) is 12.6. The van der Waals surface area contributed by atoms with Crippen molar-refractivity contribution in [1.29, 1.82) is 0 Å². The molecular formula is C13H14FNO3. The van der Waals surface area contributed by atoms with Gasteiger partial charge in [-0.2, -0.15) is 4.99 Å². The van der Waals surface area contributed by atoms with Gasteiger partial charge >= 0.3 is 0 Å². The van der Waals surface area contributed by atoms with E-state index in [0.29, 0.717) is 12.8 Å². The Hall–Kier alpha value is -1.87. The summed E-state index contributed by atoms with van der Waals surface area (Å²) in [5.41, 5.74) is -0.642. The highest BCUT2D eigenvalue weighted by Crippen LogP contribution is 2.45. The van der Waals surface area contributed by atoms with E-state index in [9.17, 15) is 14.3 Å². The van der Waals surface area contributed by atoms with Gasteiger partial charge in [0.15, 0.2) is 17.3 Å². The third-order valence-corrected chi connectivity index (χ3v) is 3.49. The minimum atomic E-state index is -0.879. The van der Waals surface area contributed by atoms with E-state index in [2.05, 4.69) is 4.99 Å². The molecule has 0 saturated heterocycles. The van der Waals surface area contributed by atoms with Gasteiger partial charge in [-0.3, -0.25) is 0 Å². The number of aliphatic imine (C=N–C) groups is 1. The number of benzene rings is 1. The second kappa shape index (κ2) is 4.78. The number of halogens is 1. The number of isocyanates is 1. The van der Waals surface area contributed by atoms with Crippen LogP contribution in [0.3, 0.4) is 0 Å². The van der Waals surface area contributed by atoms with Crippen LogP contribution in [-0.4, -0.2) is 18.3 Å². The van der Waals surface area contributed by atoms with E-state index >= 15 is 0 Å². The lowest BCUT2D eigenvalue weighted by Gasteiger charge is -2.24. The van der Waals surface area contributed by atoms with Gasteiger partial charge in [0.1, 0.15) is 5.54 Å². The number of methoxy groups -OCH3 is 1. The number of phenolic OH excluding ortho intramolecular Hbond substituents is 1. The first-order chi connectivity index (χ1) is 8.64. The van der Waals surface area contributed by atoms with Crippen LogP contribution in [0.1, 0.15) is 31.2 Å². The Morgan fingerprint density at radius 1 is 1.44 bits per heavy atom. The minimum Gasteiger partial charge on any atom is -0.502 e. The Kier molecular flexibility index (Phi) is 3.34.